The zero-order chi connectivity index (χ0) is 28.0. The smallest absolute Gasteiger partial charge is 0.335 e. The van der Waals surface area contributed by atoms with Gasteiger partial charge in [-0.1, -0.05) is 24.4 Å². The second-order valence-corrected chi connectivity index (χ2v) is 17.1. The van der Waals surface area contributed by atoms with Gasteiger partial charge in [0.05, 0.1) is 5.56 Å². The second kappa shape index (κ2) is 10.9. The van der Waals surface area contributed by atoms with Gasteiger partial charge in [-0.05, 0) is 57.9 Å². The molecular formula is C31H32F2N2O2S2Si. The molecule has 40 heavy (non-hydrogen) atoms. The van der Waals surface area contributed by atoms with Crippen LogP contribution in [0.2, 0.25) is 6.55 Å². The maximum Gasteiger partial charge on any atom is 0.335 e. The van der Waals surface area contributed by atoms with Crippen LogP contribution >= 0.6 is 23.5 Å². The third-order valence-corrected chi connectivity index (χ3v) is 14.4. The molecular weight excluding hydrogens is 563 g/mol. The van der Waals surface area contributed by atoms with E-state index in [4.69, 9.17) is 0 Å². The Hall–Kier alpha value is -2.75. The maximum atomic E-state index is 15.7. The zero-order valence-electron chi connectivity index (χ0n) is 22.5. The fourth-order valence-electron chi connectivity index (χ4n) is 6.36. The second-order valence-electron chi connectivity index (χ2n) is 10.7. The van der Waals surface area contributed by atoms with Crippen molar-refractivity contribution in [1.82, 2.24) is 0 Å². The van der Waals surface area contributed by atoms with Crippen LogP contribution in [0.1, 0.15) is 33.0 Å². The molecule has 0 unspecified atom stereocenters. The standard InChI is InChI=1S/C31H32F2N2O2S2Si/c1-3-40(2)27-18-21(34-8-12-38-13-9-34)4-6-23(27)29(30-25(32)16-20(31(36)37)17-26(30)33)24-7-5-22(19-28(24)40)35-10-14-39-15-11-35/h3-7,16-19,29H,1,8-15H2,2H3,(H,36,37). The first-order valence-electron chi connectivity index (χ1n) is 13.6. The number of benzene rings is 3. The lowest BCUT2D eigenvalue weighted by Gasteiger charge is -2.41. The molecule has 2 fully saturated rings. The van der Waals surface area contributed by atoms with Crippen LogP contribution < -0.4 is 20.2 Å². The summed E-state index contributed by atoms with van der Waals surface area (Å²) in [7, 11) is -2.52. The van der Waals surface area contributed by atoms with Crippen LogP contribution in [0.3, 0.4) is 0 Å². The van der Waals surface area contributed by atoms with Gasteiger partial charge in [0.25, 0.3) is 0 Å². The number of thioether (sulfide) groups is 2. The van der Waals surface area contributed by atoms with E-state index in [1.807, 2.05) is 35.7 Å². The summed E-state index contributed by atoms with van der Waals surface area (Å²) in [5.41, 5.74) is 5.61. The predicted octanol–water partition coefficient (Wildman–Crippen LogP) is 5.18. The number of halogens is 2. The minimum atomic E-state index is -2.52. The number of anilines is 2. The summed E-state index contributed by atoms with van der Waals surface area (Å²) in [6.45, 7) is 10.5. The van der Waals surface area contributed by atoms with Gasteiger partial charge in [-0.25, -0.2) is 13.6 Å². The van der Waals surface area contributed by atoms with E-state index >= 15 is 8.78 Å². The van der Waals surface area contributed by atoms with E-state index in [1.165, 1.54) is 0 Å². The lowest BCUT2D eigenvalue weighted by molar-refractivity contribution is 0.0695. The number of hydrogen-bond donors (Lipinski definition) is 1. The van der Waals surface area contributed by atoms with Crippen LogP contribution in [-0.4, -0.2) is 68.3 Å². The fourth-order valence-corrected chi connectivity index (χ4v) is 11.4. The minimum Gasteiger partial charge on any atom is -0.478 e. The van der Waals surface area contributed by atoms with Crippen molar-refractivity contribution < 1.29 is 18.7 Å². The van der Waals surface area contributed by atoms with E-state index in [0.717, 1.165) is 94.2 Å². The molecule has 0 amide bonds. The van der Waals surface area contributed by atoms with Crippen molar-refractivity contribution in [3.63, 3.8) is 0 Å². The first-order chi connectivity index (χ1) is 19.3. The summed E-state index contributed by atoms with van der Waals surface area (Å²) in [5, 5.41) is 11.6. The van der Waals surface area contributed by atoms with E-state index in [1.54, 1.807) is 0 Å². The minimum absolute atomic E-state index is 0.100. The molecule has 3 aliphatic rings. The molecule has 1 N–H and O–H groups in total. The highest BCUT2D eigenvalue weighted by atomic mass is 32.2. The lowest BCUT2D eigenvalue weighted by Crippen LogP contribution is -2.60. The van der Waals surface area contributed by atoms with Crippen molar-refractivity contribution in [2.75, 3.05) is 59.0 Å². The average molecular weight is 595 g/mol. The highest BCUT2D eigenvalue weighted by molar-refractivity contribution is 7.99. The molecule has 3 aliphatic heterocycles. The number of carbonyl (C=O) groups is 1. The lowest BCUT2D eigenvalue weighted by atomic mass is 9.83. The van der Waals surface area contributed by atoms with Crippen molar-refractivity contribution in [1.29, 1.82) is 0 Å². The number of aromatic carboxylic acids is 1. The van der Waals surface area contributed by atoms with Gasteiger partial charge in [-0.3, -0.25) is 0 Å². The van der Waals surface area contributed by atoms with Gasteiger partial charge < -0.3 is 14.9 Å². The molecule has 0 bridgehead atoms. The number of fused-ring (bicyclic) bond motifs is 2. The van der Waals surface area contributed by atoms with Crippen molar-refractivity contribution in [3.05, 3.63) is 94.7 Å². The molecule has 0 saturated carbocycles. The predicted molar refractivity (Wildman–Crippen MR) is 167 cm³/mol. The van der Waals surface area contributed by atoms with Gasteiger partial charge in [0, 0.05) is 72.0 Å². The molecule has 0 atom stereocenters. The molecule has 3 heterocycles. The van der Waals surface area contributed by atoms with Crippen LogP contribution in [0.25, 0.3) is 0 Å². The van der Waals surface area contributed by atoms with Crippen LogP contribution in [0.4, 0.5) is 20.2 Å². The molecule has 3 aromatic rings. The monoisotopic (exact) mass is 594 g/mol. The highest BCUT2D eigenvalue weighted by Crippen LogP contribution is 2.40. The summed E-state index contributed by atoms with van der Waals surface area (Å²) in [6, 6.07) is 14.6. The average Bonchev–Trinajstić information content (AvgIpc) is 2.98. The van der Waals surface area contributed by atoms with Crippen LogP contribution in [0.5, 0.6) is 0 Å². The van der Waals surface area contributed by atoms with Crippen LogP contribution in [0.15, 0.2) is 60.8 Å². The van der Waals surface area contributed by atoms with Gasteiger partial charge in [-0.2, -0.15) is 23.5 Å². The topological polar surface area (TPSA) is 43.8 Å². The Morgan fingerprint density at radius 3 is 1.73 bits per heavy atom. The van der Waals surface area contributed by atoms with E-state index in [2.05, 4.69) is 52.9 Å². The number of nitrogens with zero attached hydrogens (tertiary/aromatic N) is 2. The summed E-state index contributed by atoms with van der Waals surface area (Å²) < 4.78 is 31.5. The summed E-state index contributed by atoms with van der Waals surface area (Å²) in [4.78, 5) is 16.3. The number of hydrogen-bond acceptors (Lipinski definition) is 5. The summed E-state index contributed by atoms with van der Waals surface area (Å²) in [6.07, 6.45) is 0. The van der Waals surface area contributed by atoms with Gasteiger partial charge in [-0.15, -0.1) is 6.58 Å². The Balaban J connectivity index is 1.58. The molecule has 0 radical (unpaired) electrons. The highest BCUT2D eigenvalue weighted by Gasteiger charge is 2.43. The fraction of sp³-hybridized carbons (Fsp3) is 0.323. The number of carboxylic acid groups (broad SMARTS) is 1. The van der Waals surface area contributed by atoms with Crippen molar-refractivity contribution in [2.45, 2.75) is 12.5 Å². The molecule has 0 aliphatic carbocycles. The first-order valence-corrected chi connectivity index (χ1v) is 18.5. The Labute approximate surface area is 243 Å². The Morgan fingerprint density at radius 2 is 1.32 bits per heavy atom. The van der Waals surface area contributed by atoms with E-state index in [9.17, 15) is 9.90 Å². The number of carboxylic acids is 1. The van der Waals surface area contributed by atoms with E-state index in [-0.39, 0.29) is 5.56 Å². The molecule has 0 aromatic heterocycles. The molecule has 9 heteroatoms. The van der Waals surface area contributed by atoms with Gasteiger partial charge >= 0.3 is 5.97 Å². The van der Waals surface area contributed by atoms with Crippen molar-refractivity contribution in [2.24, 2.45) is 0 Å². The third kappa shape index (κ3) is 4.65. The van der Waals surface area contributed by atoms with Crippen LogP contribution in [-0.2, 0) is 0 Å². The zero-order valence-corrected chi connectivity index (χ0v) is 25.1. The molecule has 2 saturated heterocycles. The Morgan fingerprint density at radius 1 is 0.875 bits per heavy atom. The Kier molecular flexibility index (Phi) is 7.48. The first kappa shape index (κ1) is 27.4. The quantitative estimate of drug-likeness (QED) is 0.411. The van der Waals surface area contributed by atoms with Gasteiger partial charge in [0.2, 0.25) is 0 Å². The Bertz CT molecular complexity index is 1400. The van der Waals surface area contributed by atoms with E-state index in [0.29, 0.717) is 0 Å². The maximum absolute atomic E-state index is 15.7. The molecule has 208 valence electrons. The SMILES string of the molecule is C=C[Si]1(C)c2cc(N3CCSCC3)ccc2C(c2c(F)cc(C(=O)O)cc2F)c2ccc(N3CCSCC3)cc21. The molecule has 6 rings (SSSR count). The largest absolute Gasteiger partial charge is 0.478 e. The van der Waals surface area contributed by atoms with Crippen molar-refractivity contribution in [3.8, 4) is 0 Å². The van der Waals surface area contributed by atoms with Gasteiger partial charge in [0.1, 0.15) is 19.7 Å². The third-order valence-electron chi connectivity index (χ3n) is 8.59. The van der Waals surface area contributed by atoms with Gasteiger partial charge in [0.15, 0.2) is 0 Å². The summed E-state index contributed by atoms with van der Waals surface area (Å²) >= 11 is 3.91. The molecule has 0 spiro atoms. The van der Waals surface area contributed by atoms with E-state index < -0.39 is 37.2 Å². The molecule has 4 nitrogen and oxygen atoms in total. The summed E-state index contributed by atoms with van der Waals surface area (Å²) in [5.74, 6) is 0.574. The van der Waals surface area contributed by atoms with Crippen LogP contribution in [0, 0.1) is 11.6 Å². The van der Waals surface area contributed by atoms with Crippen molar-refractivity contribution >= 4 is 59.3 Å². The molecule has 3 aromatic carbocycles. The number of rotatable bonds is 5. The normalized spacial score (nSPS) is 22.4.